The number of anilines is 1. The molecule has 1 amide bonds. The molecule has 3 rings (SSSR count). The molecule has 4 heteroatoms. The van der Waals surface area contributed by atoms with Crippen LogP contribution in [0.25, 0.3) is 0 Å². The Bertz CT molecular complexity index is 454. The first-order valence-corrected chi connectivity index (χ1v) is 7.58. The van der Waals surface area contributed by atoms with E-state index in [4.69, 9.17) is 0 Å². The van der Waals surface area contributed by atoms with Crippen LogP contribution in [0.5, 0.6) is 0 Å². The maximum absolute atomic E-state index is 12.5. The van der Waals surface area contributed by atoms with Gasteiger partial charge in [0.05, 0.1) is 5.92 Å². The van der Waals surface area contributed by atoms with E-state index >= 15 is 0 Å². The number of carbonyl (C=O) groups is 1. The maximum atomic E-state index is 12.5. The van der Waals surface area contributed by atoms with Crippen LogP contribution in [0.15, 0.2) is 30.3 Å². The quantitative estimate of drug-likeness (QED) is 0.883. The van der Waals surface area contributed by atoms with Crippen molar-refractivity contribution in [3.8, 4) is 0 Å². The summed E-state index contributed by atoms with van der Waals surface area (Å²) in [5, 5.41) is 3.37. The second-order valence-electron chi connectivity index (χ2n) is 5.79. The summed E-state index contributed by atoms with van der Waals surface area (Å²) in [5.74, 6) is 0.522. The van der Waals surface area contributed by atoms with Gasteiger partial charge in [0.15, 0.2) is 0 Å². The number of rotatable bonds is 2. The zero-order chi connectivity index (χ0) is 13.9. The number of amides is 1. The van der Waals surface area contributed by atoms with Gasteiger partial charge in [-0.1, -0.05) is 18.2 Å². The van der Waals surface area contributed by atoms with Crippen LogP contribution in [-0.2, 0) is 4.79 Å². The lowest BCUT2D eigenvalue weighted by molar-refractivity contribution is -0.136. The smallest absolute Gasteiger partial charge is 0.227 e. The van der Waals surface area contributed by atoms with Crippen LogP contribution in [0.4, 0.5) is 5.69 Å². The van der Waals surface area contributed by atoms with Gasteiger partial charge in [-0.3, -0.25) is 4.79 Å². The molecular formula is C16H23N3O. The van der Waals surface area contributed by atoms with Crippen LogP contribution in [0.2, 0.25) is 0 Å². The number of nitrogens with one attached hydrogen (secondary N) is 1. The molecule has 2 heterocycles. The maximum Gasteiger partial charge on any atom is 0.227 e. The zero-order valence-electron chi connectivity index (χ0n) is 12.1. The molecule has 108 valence electrons. The Labute approximate surface area is 120 Å². The van der Waals surface area contributed by atoms with Gasteiger partial charge >= 0.3 is 0 Å². The van der Waals surface area contributed by atoms with E-state index in [0.717, 1.165) is 39.1 Å². The second-order valence-corrected chi connectivity index (χ2v) is 5.79. The van der Waals surface area contributed by atoms with Crippen molar-refractivity contribution in [3.05, 3.63) is 30.3 Å². The Morgan fingerprint density at radius 1 is 1.15 bits per heavy atom. The molecule has 0 saturated carbocycles. The molecule has 2 unspecified atom stereocenters. The molecule has 2 saturated heterocycles. The Hall–Kier alpha value is -1.55. The van der Waals surface area contributed by atoms with E-state index in [9.17, 15) is 4.79 Å². The number of carbonyl (C=O) groups excluding carboxylic acids is 1. The molecule has 0 bridgehead atoms. The number of hydrogen-bond acceptors (Lipinski definition) is 3. The van der Waals surface area contributed by atoms with Crippen LogP contribution in [0.1, 0.15) is 13.3 Å². The van der Waals surface area contributed by atoms with Crippen LogP contribution in [-0.4, -0.2) is 49.6 Å². The minimum Gasteiger partial charge on any atom is -0.368 e. The van der Waals surface area contributed by atoms with Crippen molar-refractivity contribution >= 4 is 11.6 Å². The van der Waals surface area contributed by atoms with Gasteiger partial charge < -0.3 is 15.1 Å². The summed E-state index contributed by atoms with van der Waals surface area (Å²) in [6.07, 6.45) is 0.985. The molecular weight excluding hydrogens is 250 g/mol. The monoisotopic (exact) mass is 273 g/mol. The topological polar surface area (TPSA) is 35.6 Å². The third-order valence-corrected chi connectivity index (χ3v) is 4.56. The van der Waals surface area contributed by atoms with E-state index in [2.05, 4.69) is 41.4 Å². The molecule has 2 aliphatic rings. The van der Waals surface area contributed by atoms with Gasteiger partial charge in [-0.15, -0.1) is 0 Å². The minimum atomic E-state index is 0.179. The van der Waals surface area contributed by atoms with E-state index in [1.165, 1.54) is 5.69 Å². The first kappa shape index (κ1) is 13.4. The number of hydrogen-bond donors (Lipinski definition) is 1. The summed E-state index contributed by atoms with van der Waals surface area (Å²) < 4.78 is 0. The molecule has 4 nitrogen and oxygen atoms in total. The first-order valence-electron chi connectivity index (χ1n) is 7.58. The average molecular weight is 273 g/mol. The van der Waals surface area contributed by atoms with Crippen molar-refractivity contribution in [1.82, 2.24) is 10.2 Å². The van der Waals surface area contributed by atoms with Gasteiger partial charge in [0.1, 0.15) is 0 Å². The molecule has 1 aromatic rings. The van der Waals surface area contributed by atoms with Crippen molar-refractivity contribution in [3.63, 3.8) is 0 Å². The van der Waals surface area contributed by atoms with Gasteiger partial charge in [0, 0.05) is 37.9 Å². The lowest BCUT2D eigenvalue weighted by atomic mass is 10.00. The van der Waals surface area contributed by atoms with Gasteiger partial charge in [0.25, 0.3) is 0 Å². The van der Waals surface area contributed by atoms with Gasteiger partial charge in [-0.25, -0.2) is 0 Å². The molecule has 0 spiro atoms. The minimum absolute atomic E-state index is 0.179. The molecule has 2 aliphatic heterocycles. The number of benzene rings is 1. The van der Waals surface area contributed by atoms with Crippen LogP contribution >= 0.6 is 0 Å². The van der Waals surface area contributed by atoms with Gasteiger partial charge in [0.2, 0.25) is 5.91 Å². The van der Waals surface area contributed by atoms with E-state index < -0.39 is 0 Å². The summed E-state index contributed by atoms with van der Waals surface area (Å²) in [6.45, 7) is 6.65. The molecule has 0 radical (unpaired) electrons. The first-order chi connectivity index (χ1) is 9.75. The standard InChI is InChI=1S/C16H23N3O/c1-13-15(7-8-17-13)16(20)19-11-9-18(10-12-19)14-5-3-2-4-6-14/h2-6,13,15,17H,7-12H2,1H3. The number of nitrogens with zero attached hydrogens (tertiary/aromatic N) is 2. The summed E-state index contributed by atoms with van der Waals surface area (Å²) >= 11 is 0. The van der Waals surface area contributed by atoms with Crippen LogP contribution in [0, 0.1) is 5.92 Å². The lowest BCUT2D eigenvalue weighted by Crippen LogP contribution is -2.51. The lowest BCUT2D eigenvalue weighted by Gasteiger charge is -2.37. The molecule has 2 atom stereocenters. The predicted octanol–water partition coefficient (Wildman–Crippen LogP) is 1.33. The van der Waals surface area contributed by atoms with E-state index in [1.807, 2.05) is 11.0 Å². The fraction of sp³-hybridized carbons (Fsp3) is 0.562. The van der Waals surface area contributed by atoms with Crippen molar-refractivity contribution < 1.29 is 4.79 Å². The van der Waals surface area contributed by atoms with Gasteiger partial charge in [-0.05, 0) is 32.0 Å². The summed E-state index contributed by atoms with van der Waals surface area (Å²) in [4.78, 5) is 16.9. The van der Waals surface area contributed by atoms with Crippen molar-refractivity contribution in [1.29, 1.82) is 0 Å². The number of para-hydroxylation sites is 1. The van der Waals surface area contributed by atoms with Gasteiger partial charge in [-0.2, -0.15) is 0 Å². The Balaban J connectivity index is 1.57. The third kappa shape index (κ3) is 2.66. The van der Waals surface area contributed by atoms with E-state index in [0.29, 0.717) is 11.9 Å². The normalized spacial score (nSPS) is 26.9. The van der Waals surface area contributed by atoms with Crippen molar-refractivity contribution in [2.24, 2.45) is 5.92 Å². The zero-order valence-corrected chi connectivity index (χ0v) is 12.1. The van der Waals surface area contributed by atoms with Crippen molar-refractivity contribution in [2.45, 2.75) is 19.4 Å². The molecule has 1 N–H and O–H groups in total. The Morgan fingerprint density at radius 2 is 1.85 bits per heavy atom. The number of piperazine rings is 1. The third-order valence-electron chi connectivity index (χ3n) is 4.56. The summed E-state index contributed by atoms with van der Waals surface area (Å²) in [5.41, 5.74) is 1.26. The Morgan fingerprint density at radius 3 is 2.45 bits per heavy atom. The molecule has 2 fully saturated rings. The highest BCUT2D eigenvalue weighted by Gasteiger charge is 2.33. The fourth-order valence-corrected chi connectivity index (χ4v) is 3.25. The highest BCUT2D eigenvalue weighted by atomic mass is 16.2. The largest absolute Gasteiger partial charge is 0.368 e. The van der Waals surface area contributed by atoms with E-state index in [-0.39, 0.29) is 5.92 Å². The second kappa shape index (κ2) is 5.83. The predicted molar refractivity (Wildman–Crippen MR) is 80.8 cm³/mol. The van der Waals surface area contributed by atoms with Crippen LogP contribution in [0.3, 0.4) is 0 Å². The molecule has 1 aromatic carbocycles. The molecule has 0 aromatic heterocycles. The highest BCUT2D eigenvalue weighted by Crippen LogP contribution is 2.21. The summed E-state index contributed by atoms with van der Waals surface area (Å²) in [6, 6.07) is 10.8. The SMILES string of the molecule is CC1NCCC1C(=O)N1CCN(c2ccccc2)CC1. The summed E-state index contributed by atoms with van der Waals surface area (Å²) in [7, 11) is 0. The van der Waals surface area contributed by atoms with Crippen LogP contribution < -0.4 is 10.2 Å². The highest BCUT2D eigenvalue weighted by molar-refractivity contribution is 5.80. The average Bonchev–Trinajstić information content (AvgIpc) is 2.94. The Kier molecular flexibility index (Phi) is 3.92. The molecule has 20 heavy (non-hydrogen) atoms. The van der Waals surface area contributed by atoms with Crippen molar-refractivity contribution in [2.75, 3.05) is 37.6 Å². The molecule has 0 aliphatic carbocycles. The van der Waals surface area contributed by atoms with E-state index in [1.54, 1.807) is 0 Å². The fourth-order valence-electron chi connectivity index (χ4n) is 3.25.